The van der Waals surface area contributed by atoms with Crippen LogP contribution in [0.2, 0.25) is 0 Å². The van der Waals surface area contributed by atoms with E-state index in [1.165, 1.54) is 46.2 Å². The Hall–Kier alpha value is -2.40. The summed E-state index contributed by atoms with van der Waals surface area (Å²) in [6.07, 6.45) is 0. The third-order valence-electron chi connectivity index (χ3n) is 3.62. The van der Waals surface area contributed by atoms with Gasteiger partial charge in [-0.3, -0.25) is 10.0 Å². The quantitative estimate of drug-likeness (QED) is 0.486. The van der Waals surface area contributed by atoms with E-state index >= 15 is 0 Å². The van der Waals surface area contributed by atoms with Gasteiger partial charge in [-0.15, -0.1) is 0 Å². The molecular weight excluding hydrogens is 392 g/mol. The molecule has 152 valence electrons. The van der Waals surface area contributed by atoms with Gasteiger partial charge in [-0.2, -0.15) is 0 Å². The molecule has 0 heterocycles. The molecule has 2 N–H and O–H groups in total. The minimum atomic E-state index is -1.84. The van der Waals surface area contributed by atoms with Crippen LogP contribution in [0.3, 0.4) is 0 Å². The number of carbonyl (C=O) groups is 1. The molecule has 0 aromatic heterocycles. The molecule has 1 unspecified atom stereocenters. The van der Waals surface area contributed by atoms with Crippen LogP contribution in [0.15, 0.2) is 47.4 Å². The molecule has 0 aliphatic carbocycles. The molecule has 7 nitrogen and oxygen atoms in total. The zero-order valence-electron chi connectivity index (χ0n) is 15.4. The third kappa shape index (κ3) is 6.34. The van der Waals surface area contributed by atoms with Gasteiger partial charge in [-0.25, -0.2) is 22.8 Å². The van der Waals surface area contributed by atoms with E-state index in [0.29, 0.717) is 6.54 Å². The molecule has 0 bridgehead atoms. The maximum absolute atomic E-state index is 14.4. The fourth-order valence-electron chi connectivity index (χ4n) is 2.18. The lowest BCUT2D eigenvalue weighted by Gasteiger charge is -2.22. The van der Waals surface area contributed by atoms with Crippen molar-refractivity contribution in [1.29, 1.82) is 0 Å². The van der Waals surface area contributed by atoms with E-state index < -0.39 is 28.5 Å². The van der Waals surface area contributed by atoms with Gasteiger partial charge < -0.3 is 9.64 Å². The second-order valence-corrected chi connectivity index (χ2v) is 7.59. The molecule has 1 amide bonds. The number of hydrogen-bond acceptors (Lipinski definition) is 5. The summed E-state index contributed by atoms with van der Waals surface area (Å²) in [4.78, 5) is 13.4. The van der Waals surface area contributed by atoms with Gasteiger partial charge in [0.1, 0.15) is 22.6 Å². The van der Waals surface area contributed by atoms with E-state index in [1.807, 2.05) is 19.0 Å². The lowest BCUT2D eigenvalue weighted by molar-refractivity contribution is -0.129. The smallest absolute Gasteiger partial charge is 0.258 e. The highest BCUT2D eigenvalue weighted by molar-refractivity contribution is 7.82. The number of ether oxygens (including phenoxy) is 1. The van der Waals surface area contributed by atoms with Crippen molar-refractivity contribution in [3.63, 3.8) is 0 Å². The molecule has 0 aliphatic heterocycles. The summed E-state index contributed by atoms with van der Waals surface area (Å²) >= 11 is 0. The van der Waals surface area contributed by atoms with Gasteiger partial charge in [0.25, 0.3) is 5.91 Å². The molecule has 2 rings (SSSR count). The number of likely N-dealkylation sites (N-methyl/N-ethyl adjacent to an activating group) is 1. The van der Waals surface area contributed by atoms with Crippen LogP contribution in [0.5, 0.6) is 11.5 Å². The number of nitrogens with zero attached hydrogens (tertiary/aromatic N) is 2. The van der Waals surface area contributed by atoms with Crippen LogP contribution in [-0.4, -0.2) is 58.3 Å². The first kappa shape index (κ1) is 21.9. The highest BCUT2D eigenvalue weighted by Crippen LogP contribution is 2.26. The number of nitrogens with one attached hydrogen (secondary N) is 1. The molecule has 28 heavy (non-hydrogen) atoms. The minimum Gasteiger partial charge on any atom is -0.454 e. The summed E-state index contributed by atoms with van der Waals surface area (Å²) in [5, 5.41) is 8.72. The van der Waals surface area contributed by atoms with Gasteiger partial charge >= 0.3 is 0 Å². The Labute approximate surface area is 164 Å². The number of hydrogen-bond donors (Lipinski definition) is 2. The highest BCUT2D eigenvalue weighted by atomic mass is 32.2. The maximum Gasteiger partial charge on any atom is 0.258 e. The van der Waals surface area contributed by atoms with Crippen molar-refractivity contribution in [3.8, 4) is 11.5 Å². The van der Waals surface area contributed by atoms with Crippen LogP contribution in [0, 0.1) is 11.6 Å². The SMILES string of the molecule is CN(C)CCN(CC(=O)NO)S(=O)c1ccc(Oc2ccc(F)cc2)c(F)c1. The van der Waals surface area contributed by atoms with Crippen molar-refractivity contribution in [2.75, 3.05) is 33.7 Å². The first-order chi connectivity index (χ1) is 13.3. The molecule has 0 aliphatic rings. The normalized spacial score (nSPS) is 12.2. The van der Waals surface area contributed by atoms with Crippen molar-refractivity contribution in [1.82, 2.24) is 14.7 Å². The van der Waals surface area contributed by atoms with Gasteiger partial charge in [-0.05, 0) is 56.6 Å². The molecule has 0 saturated heterocycles. The van der Waals surface area contributed by atoms with Crippen molar-refractivity contribution >= 4 is 16.9 Å². The number of amides is 1. The van der Waals surface area contributed by atoms with E-state index in [9.17, 15) is 17.8 Å². The van der Waals surface area contributed by atoms with Crippen LogP contribution < -0.4 is 10.2 Å². The fraction of sp³-hybridized carbons (Fsp3) is 0.278. The predicted molar refractivity (Wildman–Crippen MR) is 99.3 cm³/mol. The summed E-state index contributed by atoms with van der Waals surface area (Å²) in [5.41, 5.74) is 1.49. The van der Waals surface area contributed by atoms with Crippen LogP contribution in [0.25, 0.3) is 0 Å². The first-order valence-electron chi connectivity index (χ1n) is 8.27. The zero-order chi connectivity index (χ0) is 20.7. The zero-order valence-corrected chi connectivity index (χ0v) is 16.2. The average Bonchev–Trinajstić information content (AvgIpc) is 2.67. The van der Waals surface area contributed by atoms with Crippen LogP contribution in [-0.2, 0) is 15.8 Å². The fourth-order valence-corrected chi connectivity index (χ4v) is 3.35. The van der Waals surface area contributed by atoms with Gasteiger partial charge in [-0.1, -0.05) is 0 Å². The van der Waals surface area contributed by atoms with Gasteiger partial charge in [0, 0.05) is 13.1 Å². The van der Waals surface area contributed by atoms with Crippen LogP contribution in [0.4, 0.5) is 8.78 Å². The summed E-state index contributed by atoms with van der Waals surface area (Å²) in [7, 11) is 1.79. The Balaban J connectivity index is 2.17. The molecule has 2 aromatic rings. The molecule has 2 aromatic carbocycles. The third-order valence-corrected chi connectivity index (χ3v) is 5.06. The average molecular weight is 413 g/mol. The van der Waals surface area contributed by atoms with Crippen LogP contribution >= 0.6 is 0 Å². The van der Waals surface area contributed by atoms with Crippen LogP contribution in [0.1, 0.15) is 0 Å². The summed E-state index contributed by atoms with van der Waals surface area (Å²) in [6, 6.07) is 8.86. The Morgan fingerprint density at radius 1 is 1.14 bits per heavy atom. The number of halogens is 2. The second kappa shape index (κ2) is 10.2. The first-order valence-corrected chi connectivity index (χ1v) is 9.38. The van der Waals surface area contributed by atoms with E-state index in [4.69, 9.17) is 9.94 Å². The van der Waals surface area contributed by atoms with E-state index in [0.717, 1.165) is 6.07 Å². The molecule has 0 spiro atoms. The standard InChI is InChI=1S/C18H21F2N3O4S/c1-22(2)9-10-23(12-18(24)21-25)28(26)15-7-8-17(16(20)11-15)27-14-5-3-13(19)4-6-14/h3-8,11,25H,9-10,12H2,1-2H3,(H,21,24). The second-order valence-electron chi connectivity index (χ2n) is 6.10. The lowest BCUT2D eigenvalue weighted by atomic mass is 10.3. The Kier molecular flexibility index (Phi) is 8.00. The van der Waals surface area contributed by atoms with E-state index in [2.05, 4.69) is 0 Å². The molecule has 0 radical (unpaired) electrons. The van der Waals surface area contributed by atoms with Crippen molar-refractivity contribution in [3.05, 3.63) is 54.1 Å². The summed E-state index contributed by atoms with van der Waals surface area (Å²) in [6.45, 7) is 0.424. The molecule has 0 saturated carbocycles. The number of benzene rings is 2. The number of hydroxylamine groups is 1. The maximum atomic E-state index is 14.4. The van der Waals surface area contributed by atoms with E-state index in [1.54, 1.807) is 0 Å². The van der Waals surface area contributed by atoms with Crippen molar-refractivity contribution in [2.24, 2.45) is 0 Å². The lowest BCUT2D eigenvalue weighted by Crippen LogP contribution is -2.40. The van der Waals surface area contributed by atoms with Gasteiger partial charge in [0.15, 0.2) is 11.6 Å². The summed E-state index contributed by atoms with van der Waals surface area (Å²) < 4.78 is 46.8. The molecular formula is C18H21F2N3O4S. The molecule has 10 heteroatoms. The summed E-state index contributed by atoms with van der Waals surface area (Å²) in [5.74, 6) is -1.79. The number of rotatable bonds is 9. The van der Waals surface area contributed by atoms with Crippen molar-refractivity contribution < 1.29 is 27.7 Å². The minimum absolute atomic E-state index is 0.111. The Morgan fingerprint density at radius 3 is 2.39 bits per heavy atom. The molecule has 1 atom stereocenters. The van der Waals surface area contributed by atoms with E-state index in [-0.39, 0.29) is 29.5 Å². The topological polar surface area (TPSA) is 82.1 Å². The Bertz CT molecular complexity index is 834. The van der Waals surface area contributed by atoms with Crippen molar-refractivity contribution in [2.45, 2.75) is 4.90 Å². The van der Waals surface area contributed by atoms with Gasteiger partial charge in [0.05, 0.1) is 11.4 Å². The largest absolute Gasteiger partial charge is 0.454 e. The Morgan fingerprint density at radius 2 is 1.82 bits per heavy atom. The molecule has 0 fully saturated rings. The highest BCUT2D eigenvalue weighted by Gasteiger charge is 2.20. The predicted octanol–water partition coefficient (Wildman–Crippen LogP) is 2.15. The number of carbonyl (C=O) groups excluding carboxylic acids is 1. The van der Waals surface area contributed by atoms with Gasteiger partial charge in [0.2, 0.25) is 0 Å². The monoisotopic (exact) mass is 413 g/mol.